The van der Waals surface area contributed by atoms with Crippen LogP contribution in [0.4, 0.5) is 4.79 Å². The molecule has 0 spiro atoms. The van der Waals surface area contributed by atoms with Crippen molar-refractivity contribution in [2.45, 2.75) is 32.2 Å². The summed E-state index contributed by atoms with van der Waals surface area (Å²) in [5.74, 6) is 0.198. The summed E-state index contributed by atoms with van der Waals surface area (Å²) in [7, 11) is 0. The van der Waals surface area contributed by atoms with Gasteiger partial charge < -0.3 is 14.8 Å². The van der Waals surface area contributed by atoms with E-state index in [0.717, 1.165) is 12.7 Å². The predicted molar refractivity (Wildman–Crippen MR) is 47.6 cm³/mol. The summed E-state index contributed by atoms with van der Waals surface area (Å²) in [5, 5.41) is 8.87. The molecule has 1 heterocycles. The van der Waals surface area contributed by atoms with Crippen LogP contribution in [0.15, 0.2) is 0 Å². The molecule has 0 aromatic heterocycles. The Morgan fingerprint density at radius 1 is 1.69 bits per heavy atom. The van der Waals surface area contributed by atoms with E-state index in [9.17, 15) is 9.59 Å². The standard InChI is InChI=1S/C9H15NO3/c1-9(2)5-7(3-4-11)6-10(9)8(12)13/h4,7H,3,5-6H2,1-2H3,(H,12,13)/t7-/m0/s1. The average Bonchev–Trinajstić information content (AvgIpc) is 2.26. The third kappa shape index (κ3) is 1.99. The minimum absolute atomic E-state index is 0.198. The first-order valence-corrected chi connectivity index (χ1v) is 4.41. The Morgan fingerprint density at radius 3 is 2.69 bits per heavy atom. The number of aldehydes is 1. The van der Waals surface area contributed by atoms with Crippen LogP contribution in [0.2, 0.25) is 0 Å². The topological polar surface area (TPSA) is 57.6 Å². The molecule has 1 fully saturated rings. The van der Waals surface area contributed by atoms with Crippen LogP contribution >= 0.6 is 0 Å². The number of likely N-dealkylation sites (tertiary alicyclic amines) is 1. The van der Waals surface area contributed by atoms with E-state index < -0.39 is 6.09 Å². The first kappa shape index (κ1) is 10.0. The van der Waals surface area contributed by atoms with Gasteiger partial charge in [0.2, 0.25) is 0 Å². The molecule has 13 heavy (non-hydrogen) atoms. The molecule has 1 amide bonds. The molecule has 4 nitrogen and oxygen atoms in total. The van der Waals surface area contributed by atoms with E-state index in [2.05, 4.69) is 0 Å². The lowest BCUT2D eigenvalue weighted by Crippen LogP contribution is -2.41. The number of amides is 1. The van der Waals surface area contributed by atoms with Crippen LogP contribution in [-0.2, 0) is 4.79 Å². The van der Waals surface area contributed by atoms with Gasteiger partial charge in [-0.15, -0.1) is 0 Å². The average molecular weight is 185 g/mol. The molecule has 4 heteroatoms. The summed E-state index contributed by atoms with van der Waals surface area (Å²) >= 11 is 0. The molecular formula is C9H15NO3. The molecule has 0 radical (unpaired) electrons. The molecule has 1 rings (SSSR count). The molecule has 1 saturated heterocycles. The van der Waals surface area contributed by atoms with Crippen LogP contribution in [0.5, 0.6) is 0 Å². The number of carbonyl (C=O) groups excluding carboxylic acids is 1. The largest absolute Gasteiger partial charge is 0.465 e. The number of nitrogens with zero attached hydrogens (tertiary/aromatic N) is 1. The van der Waals surface area contributed by atoms with E-state index in [1.807, 2.05) is 13.8 Å². The van der Waals surface area contributed by atoms with E-state index >= 15 is 0 Å². The first-order chi connectivity index (χ1) is 5.97. The van der Waals surface area contributed by atoms with Crippen LogP contribution in [-0.4, -0.2) is 34.5 Å². The lowest BCUT2D eigenvalue weighted by Gasteiger charge is -2.28. The molecule has 1 N–H and O–H groups in total. The summed E-state index contributed by atoms with van der Waals surface area (Å²) in [6.45, 7) is 4.28. The Hall–Kier alpha value is -1.06. The molecule has 0 bridgehead atoms. The van der Waals surface area contributed by atoms with Crippen LogP contribution in [0.3, 0.4) is 0 Å². The normalized spacial score (nSPS) is 26.0. The first-order valence-electron chi connectivity index (χ1n) is 4.41. The SMILES string of the molecule is CC1(C)C[C@H](CC=O)CN1C(=O)O. The zero-order valence-electron chi connectivity index (χ0n) is 7.99. The van der Waals surface area contributed by atoms with Crippen molar-refractivity contribution in [3.05, 3.63) is 0 Å². The minimum Gasteiger partial charge on any atom is -0.465 e. The molecule has 74 valence electrons. The Bertz CT molecular complexity index is 225. The lowest BCUT2D eigenvalue weighted by molar-refractivity contribution is -0.108. The van der Waals surface area contributed by atoms with E-state index in [1.54, 1.807) is 0 Å². The maximum Gasteiger partial charge on any atom is 0.407 e. The van der Waals surface area contributed by atoms with Crippen molar-refractivity contribution < 1.29 is 14.7 Å². The highest BCUT2D eigenvalue weighted by atomic mass is 16.4. The van der Waals surface area contributed by atoms with Gasteiger partial charge in [-0.2, -0.15) is 0 Å². The van der Waals surface area contributed by atoms with Crippen LogP contribution in [0.1, 0.15) is 26.7 Å². The second kappa shape index (κ2) is 3.36. The van der Waals surface area contributed by atoms with Gasteiger partial charge in [0.25, 0.3) is 0 Å². The zero-order valence-corrected chi connectivity index (χ0v) is 7.99. The predicted octanol–water partition coefficient (Wildman–Crippen LogP) is 1.35. The number of hydrogen-bond donors (Lipinski definition) is 1. The van der Waals surface area contributed by atoms with Crippen LogP contribution in [0, 0.1) is 5.92 Å². The van der Waals surface area contributed by atoms with Crippen LogP contribution < -0.4 is 0 Å². The Balaban J connectivity index is 2.67. The van der Waals surface area contributed by atoms with Gasteiger partial charge in [-0.05, 0) is 26.2 Å². The molecule has 1 aliphatic heterocycles. The Labute approximate surface area is 77.5 Å². The summed E-state index contributed by atoms with van der Waals surface area (Å²) < 4.78 is 0. The third-order valence-electron chi connectivity index (χ3n) is 2.62. The van der Waals surface area contributed by atoms with Crippen molar-refractivity contribution in [2.24, 2.45) is 5.92 Å². The highest BCUT2D eigenvalue weighted by Gasteiger charge is 2.40. The van der Waals surface area contributed by atoms with E-state index in [0.29, 0.717) is 13.0 Å². The fourth-order valence-corrected chi connectivity index (χ4v) is 2.02. The molecule has 0 saturated carbocycles. The fraction of sp³-hybridized carbons (Fsp3) is 0.778. The van der Waals surface area contributed by atoms with E-state index in [1.165, 1.54) is 4.90 Å². The number of hydrogen-bond acceptors (Lipinski definition) is 2. The van der Waals surface area contributed by atoms with Gasteiger partial charge in [0.05, 0.1) is 0 Å². The summed E-state index contributed by atoms with van der Waals surface area (Å²) in [6, 6.07) is 0. The van der Waals surface area contributed by atoms with Crippen molar-refractivity contribution in [2.75, 3.05) is 6.54 Å². The zero-order chi connectivity index (χ0) is 10.1. The molecule has 0 aromatic rings. The van der Waals surface area contributed by atoms with Crippen molar-refractivity contribution in [3.63, 3.8) is 0 Å². The highest BCUT2D eigenvalue weighted by Crippen LogP contribution is 2.33. The van der Waals surface area contributed by atoms with Gasteiger partial charge in [-0.25, -0.2) is 4.79 Å². The third-order valence-corrected chi connectivity index (χ3v) is 2.62. The van der Waals surface area contributed by atoms with Gasteiger partial charge in [0.1, 0.15) is 6.29 Å². The minimum atomic E-state index is -0.890. The van der Waals surface area contributed by atoms with Gasteiger partial charge in [0.15, 0.2) is 0 Å². The quantitative estimate of drug-likeness (QED) is 0.661. The van der Waals surface area contributed by atoms with Crippen molar-refractivity contribution in [1.82, 2.24) is 4.90 Å². The van der Waals surface area contributed by atoms with E-state index in [-0.39, 0.29) is 11.5 Å². The highest BCUT2D eigenvalue weighted by molar-refractivity contribution is 5.66. The van der Waals surface area contributed by atoms with Gasteiger partial charge in [0, 0.05) is 18.5 Å². The van der Waals surface area contributed by atoms with Crippen LogP contribution in [0.25, 0.3) is 0 Å². The van der Waals surface area contributed by atoms with Crippen molar-refractivity contribution in [1.29, 1.82) is 0 Å². The maximum absolute atomic E-state index is 10.8. The number of carboxylic acid groups (broad SMARTS) is 1. The molecular weight excluding hydrogens is 170 g/mol. The Morgan fingerprint density at radius 2 is 2.31 bits per heavy atom. The molecule has 1 aliphatic rings. The monoisotopic (exact) mass is 185 g/mol. The number of rotatable bonds is 2. The molecule has 0 unspecified atom stereocenters. The smallest absolute Gasteiger partial charge is 0.407 e. The molecule has 0 aliphatic carbocycles. The second-order valence-corrected chi connectivity index (χ2v) is 4.18. The fourth-order valence-electron chi connectivity index (χ4n) is 2.02. The molecule has 0 aromatic carbocycles. The van der Waals surface area contributed by atoms with Crippen molar-refractivity contribution >= 4 is 12.4 Å². The van der Waals surface area contributed by atoms with Gasteiger partial charge in [-0.1, -0.05) is 0 Å². The summed E-state index contributed by atoms with van der Waals surface area (Å²) in [5.41, 5.74) is -0.320. The van der Waals surface area contributed by atoms with Crippen molar-refractivity contribution in [3.8, 4) is 0 Å². The van der Waals surface area contributed by atoms with Gasteiger partial charge in [-0.3, -0.25) is 0 Å². The Kier molecular flexibility index (Phi) is 2.59. The number of carbonyl (C=O) groups is 2. The lowest BCUT2D eigenvalue weighted by atomic mass is 9.95. The summed E-state index contributed by atoms with van der Waals surface area (Å²) in [6.07, 6.45) is 1.22. The maximum atomic E-state index is 10.8. The second-order valence-electron chi connectivity index (χ2n) is 4.18. The van der Waals surface area contributed by atoms with E-state index in [4.69, 9.17) is 5.11 Å². The summed E-state index contributed by atoms with van der Waals surface area (Å²) in [4.78, 5) is 22.5. The van der Waals surface area contributed by atoms with Gasteiger partial charge >= 0.3 is 6.09 Å². The molecule has 1 atom stereocenters.